The lowest BCUT2D eigenvalue weighted by atomic mass is 10.1. The van der Waals surface area contributed by atoms with Crippen LogP contribution in [0.4, 0.5) is 10.5 Å². The maximum Gasteiger partial charge on any atom is 0.335 e. The first-order valence-electron chi connectivity index (χ1n) is 12.3. The van der Waals surface area contributed by atoms with E-state index in [4.69, 9.17) is 9.47 Å². The lowest BCUT2D eigenvalue weighted by Gasteiger charge is -2.15. The predicted octanol–water partition coefficient (Wildman–Crippen LogP) is 4.81. The van der Waals surface area contributed by atoms with Crippen LogP contribution in [0.3, 0.4) is 0 Å². The number of nitrogens with one attached hydrogen (secondary N) is 2. The van der Waals surface area contributed by atoms with Crippen LogP contribution < -0.4 is 20.1 Å². The van der Waals surface area contributed by atoms with Crippen molar-refractivity contribution in [2.24, 2.45) is 0 Å². The highest BCUT2D eigenvalue weighted by atomic mass is 127. The van der Waals surface area contributed by atoms with Gasteiger partial charge < -0.3 is 25.2 Å². The minimum atomic E-state index is -1.03. The van der Waals surface area contributed by atoms with Crippen molar-refractivity contribution in [3.63, 3.8) is 0 Å². The number of hydrogen-bond donors (Lipinski definition) is 3. The van der Waals surface area contributed by atoms with E-state index in [2.05, 4.69) is 33.2 Å². The molecule has 0 radical (unpaired) electrons. The van der Waals surface area contributed by atoms with E-state index in [1.54, 1.807) is 36.4 Å². The molecular weight excluding hydrogens is 629 g/mol. The number of ether oxygens (including phenoxy) is 2. The van der Waals surface area contributed by atoms with Crippen LogP contribution in [0, 0.1) is 10.5 Å². The molecule has 0 saturated carbocycles. The smallest absolute Gasteiger partial charge is 0.335 e. The fourth-order valence-electron chi connectivity index (χ4n) is 3.89. The Labute approximate surface area is 244 Å². The number of benzene rings is 3. The number of carboxylic acid groups (broad SMARTS) is 1. The second kappa shape index (κ2) is 12.6. The first kappa shape index (κ1) is 28.6. The Hall–Kier alpha value is -4.39. The third kappa shape index (κ3) is 6.97. The molecule has 4 rings (SSSR count). The summed E-state index contributed by atoms with van der Waals surface area (Å²) in [6, 6.07) is 16.3. The van der Waals surface area contributed by atoms with Crippen LogP contribution in [0.2, 0.25) is 0 Å². The average molecular weight is 655 g/mol. The number of imide groups is 1. The number of carboxylic acids is 1. The van der Waals surface area contributed by atoms with E-state index in [1.807, 2.05) is 26.0 Å². The molecule has 0 atom stereocenters. The lowest BCUT2D eigenvalue weighted by Crippen LogP contribution is -2.38. The predicted molar refractivity (Wildman–Crippen MR) is 156 cm³/mol. The molecule has 1 aliphatic heterocycles. The molecule has 11 heteroatoms. The van der Waals surface area contributed by atoms with Crippen molar-refractivity contribution in [2.75, 3.05) is 18.5 Å². The van der Waals surface area contributed by atoms with Gasteiger partial charge in [-0.1, -0.05) is 29.8 Å². The largest absolute Gasteiger partial charge is 0.490 e. The third-order valence-corrected chi connectivity index (χ3v) is 6.60. The summed E-state index contributed by atoms with van der Waals surface area (Å²) < 4.78 is 12.4. The van der Waals surface area contributed by atoms with Gasteiger partial charge in [0.2, 0.25) is 5.91 Å². The first-order chi connectivity index (χ1) is 19.1. The topological polar surface area (TPSA) is 134 Å². The van der Waals surface area contributed by atoms with Crippen molar-refractivity contribution < 1.29 is 33.8 Å². The van der Waals surface area contributed by atoms with Gasteiger partial charge in [0.05, 0.1) is 15.7 Å². The highest BCUT2D eigenvalue weighted by Gasteiger charge is 2.35. The molecule has 0 aliphatic carbocycles. The molecule has 1 fully saturated rings. The van der Waals surface area contributed by atoms with Gasteiger partial charge >= 0.3 is 12.0 Å². The van der Waals surface area contributed by atoms with Gasteiger partial charge in [-0.2, -0.15) is 0 Å². The number of urea groups is 1. The highest BCUT2D eigenvalue weighted by Crippen LogP contribution is 2.36. The van der Waals surface area contributed by atoms with E-state index in [0.29, 0.717) is 38.5 Å². The Morgan fingerprint density at radius 1 is 1.07 bits per heavy atom. The Bertz CT molecular complexity index is 1500. The Kier molecular flexibility index (Phi) is 9.04. The fraction of sp³-hybridized carbons (Fsp3) is 0.172. The number of carbonyl (C=O) groups excluding carboxylic acids is 3. The monoisotopic (exact) mass is 655 g/mol. The summed E-state index contributed by atoms with van der Waals surface area (Å²) >= 11 is 2.08. The summed E-state index contributed by atoms with van der Waals surface area (Å²) in [6.07, 6.45) is 1.50. The normalized spacial score (nSPS) is 13.8. The number of amides is 4. The van der Waals surface area contributed by atoms with Gasteiger partial charge in [0.15, 0.2) is 11.5 Å². The van der Waals surface area contributed by atoms with Crippen LogP contribution in [-0.4, -0.2) is 47.0 Å². The van der Waals surface area contributed by atoms with Crippen molar-refractivity contribution in [1.82, 2.24) is 10.2 Å². The van der Waals surface area contributed by atoms with Crippen LogP contribution in [0.15, 0.2) is 66.4 Å². The summed E-state index contributed by atoms with van der Waals surface area (Å²) in [5.41, 5.74) is 3.03. The van der Waals surface area contributed by atoms with Crippen molar-refractivity contribution in [3.8, 4) is 11.5 Å². The molecule has 3 N–H and O–H groups in total. The van der Waals surface area contributed by atoms with E-state index < -0.39 is 30.4 Å². The van der Waals surface area contributed by atoms with Crippen LogP contribution in [0.1, 0.15) is 34.0 Å². The Morgan fingerprint density at radius 2 is 1.82 bits per heavy atom. The van der Waals surface area contributed by atoms with Gasteiger partial charge in [0, 0.05) is 5.69 Å². The van der Waals surface area contributed by atoms with Crippen LogP contribution in [-0.2, 0) is 16.2 Å². The molecule has 10 nitrogen and oxygen atoms in total. The minimum Gasteiger partial charge on any atom is -0.490 e. The molecule has 1 saturated heterocycles. The number of rotatable bonds is 10. The average Bonchev–Trinajstić information content (AvgIpc) is 3.17. The highest BCUT2D eigenvalue weighted by molar-refractivity contribution is 14.1. The fourth-order valence-corrected chi connectivity index (χ4v) is 4.67. The number of aromatic carboxylic acids is 1. The summed E-state index contributed by atoms with van der Waals surface area (Å²) in [7, 11) is 0. The molecule has 3 aromatic carbocycles. The molecule has 4 amide bonds. The molecule has 1 aliphatic rings. The SMILES string of the molecule is CCOc1cc(/C=C2/NC(=O)N(CC(=O)Nc3ccc(C)cc3)C2=O)cc(I)c1OCc1cccc(C(=O)O)c1. The van der Waals surface area contributed by atoms with E-state index in [1.165, 1.54) is 18.2 Å². The number of hydrogen-bond acceptors (Lipinski definition) is 6. The van der Waals surface area contributed by atoms with E-state index >= 15 is 0 Å². The lowest BCUT2D eigenvalue weighted by molar-refractivity contribution is -0.127. The van der Waals surface area contributed by atoms with Crippen molar-refractivity contribution in [1.29, 1.82) is 0 Å². The summed E-state index contributed by atoms with van der Waals surface area (Å²) in [4.78, 5) is 50.0. The molecule has 3 aromatic rings. The van der Waals surface area contributed by atoms with Crippen LogP contribution >= 0.6 is 22.6 Å². The van der Waals surface area contributed by atoms with Crippen molar-refractivity contribution in [2.45, 2.75) is 20.5 Å². The zero-order valence-electron chi connectivity index (χ0n) is 21.7. The maximum atomic E-state index is 12.9. The second-order valence-corrected chi connectivity index (χ2v) is 10.0. The van der Waals surface area contributed by atoms with Crippen molar-refractivity contribution >= 4 is 58.2 Å². The Morgan fingerprint density at radius 3 is 2.52 bits per heavy atom. The van der Waals surface area contributed by atoms with Crippen molar-refractivity contribution in [3.05, 3.63) is 92.2 Å². The van der Waals surface area contributed by atoms with Gasteiger partial charge in [-0.3, -0.25) is 9.59 Å². The zero-order valence-corrected chi connectivity index (χ0v) is 23.9. The van der Waals surface area contributed by atoms with Crippen LogP contribution in [0.25, 0.3) is 6.08 Å². The van der Waals surface area contributed by atoms with E-state index in [9.17, 15) is 24.3 Å². The van der Waals surface area contributed by atoms with E-state index in [-0.39, 0.29) is 17.9 Å². The molecule has 0 aromatic heterocycles. The zero-order chi connectivity index (χ0) is 28.8. The maximum absolute atomic E-state index is 12.9. The van der Waals surface area contributed by atoms with Gasteiger partial charge in [-0.05, 0) is 90.0 Å². The molecule has 0 unspecified atom stereocenters. The summed E-state index contributed by atoms with van der Waals surface area (Å²) in [5, 5.41) is 14.4. The van der Waals surface area contributed by atoms with E-state index in [0.717, 1.165) is 10.5 Å². The van der Waals surface area contributed by atoms with Gasteiger partial charge in [0.1, 0.15) is 18.8 Å². The summed E-state index contributed by atoms with van der Waals surface area (Å²) in [5.74, 6) is -1.28. The number of aryl methyl sites for hydroxylation is 1. The Balaban J connectivity index is 1.49. The first-order valence-corrected chi connectivity index (χ1v) is 13.3. The second-order valence-electron chi connectivity index (χ2n) is 8.85. The van der Waals surface area contributed by atoms with Gasteiger partial charge in [-0.15, -0.1) is 0 Å². The molecule has 1 heterocycles. The standard InChI is InChI=1S/C29H26IN3O7/c1-3-39-24-14-19(12-22(30)26(24)40-16-18-5-4-6-20(11-18)28(36)37)13-23-27(35)33(29(38)32-23)15-25(34)31-21-9-7-17(2)8-10-21/h4-14H,3,15-16H2,1-2H3,(H,31,34)(H,32,38)(H,36,37)/b23-13+. The minimum absolute atomic E-state index is 0.0190. The molecule has 0 bridgehead atoms. The summed E-state index contributed by atoms with van der Waals surface area (Å²) in [6.45, 7) is 3.77. The number of carbonyl (C=O) groups is 4. The molecule has 40 heavy (non-hydrogen) atoms. The number of nitrogens with zero attached hydrogens (tertiary/aromatic N) is 1. The number of halogens is 1. The van der Waals surface area contributed by atoms with Gasteiger partial charge in [-0.25, -0.2) is 14.5 Å². The molecule has 0 spiro atoms. The third-order valence-electron chi connectivity index (χ3n) is 5.80. The molecule has 206 valence electrons. The quantitative estimate of drug-likeness (QED) is 0.162. The van der Waals surface area contributed by atoms with Crippen LogP contribution in [0.5, 0.6) is 11.5 Å². The van der Waals surface area contributed by atoms with Gasteiger partial charge in [0.25, 0.3) is 5.91 Å². The molecular formula is C29H26IN3O7. The number of anilines is 1.